The molecule has 0 saturated carbocycles. The summed E-state index contributed by atoms with van der Waals surface area (Å²) >= 11 is 0. The van der Waals surface area contributed by atoms with E-state index in [0.717, 1.165) is 0 Å². The van der Waals surface area contributed by atoms with Crippen LogP contribution >= 0.6 is 0 Å². The average molecular weight is 211 g/mol. The first-order valence-corrected chi connectivity index (χ1v) is 3.80. The minimum atomic E-state index is -4.55. The van der Waals surface area contributed by atoms with Crippen molar-refractivity contribution in [1.29, 1.82) is 0 Å². The molecular weight excluding hydrogens is 203 g/mol. The van der Waals surface area contributed by atoms with Crippen LogP contribution in [0.5, 0.6) is 0 Å². The molecular formula is C7H8F3NO3. The molecule has 1 fully saturated rings. The van der Waals surface area contributed by atoms with Crippen LogP contribution in [0.1, 0.15) is 6.42 Å². The van der Waals surface area contributed by atoms with Crippen molar-refractivity contribution < 1.29 is 27.5 Å². The summed E-state index contributed by atoms with van der Waals surface area (Å²) in [4.78, 5) is 20.7. The Bertz CT molecular complexity index is 247. The number of alkyl halides is 3. The van der Waals surface area contributed by atoms with Gasteiger partial charge in [0.1, 0.15) is 6.29 Å². The van der Waals surface area contributed by atoms with Gasteiger partial charge in [-0.15, -0.1) is 0 Å². The molecule has 0 radical (unpaired) electrons. The number of aldehydes is 1. The van der Waals surface area contributed by atoms with Crippen LogP contribution in [0.25, 0.3) is 0 Å². The Morgan fingerprint density at radius 1 is 1.50 bits per heavy atom. The van der Waals surface area contributed by atoms with Gasteiger partial charge in [-0.1, -0.05) is 0 Å². The molecule has 4 nitrogen and oxygen atoms in total. The molecule has 1 N–H and O–H groups in total. The van der Waals surface area contributed by atoms with Gasteiger partial charge in [-0.25, -0.2) is 0 Å². The number of carbonyl (C=O) groups is 2. The molecule has 0 unspecified atom stereocenters. The van der Waals surface area contributed by atoms with Crippen molar-refractivity contribution in [2.24, 2.45) is 0 Å². The fourth-order valence-corrected chi connectivity index (χ4v) is 1.01. The summed E-state index contributed by atoms with van der Waals surface area (Å²) in [5.74, 6) is -0.944. The molecule has 0 aromatic rings. The Hall–Kier alpha value is -1.11. The van der Waals surface area contributed by atoms with Gasteiger partial charge in [0, 0.05) is 0 Å². The summed E-state index contributed by atoms with van der Waals surface area (Å²) in [6.07, 6.45) is -4.87. The van der Waals surface area contributed by atoms with Crippen molar-refractivity contribution in [1.82, 2.24) is 5.32 Å². The fourth-order valence-electron chi connectivity index (χ4n) is 1.01. The van der Waals surface area contributed by atoms with Gasteiger partial charge in [0.05, 0.1) is 19.6 Å². The highest BCUT2D eigenvalue weighted by Gasteiger charge is 2.60. The summed E-state index contributed by atoms with van der Waals surface area (Å²) in [6, 6.07) is 0. The number of hydrogen-bond acceptors (Lipinski definition) is 3. The zero-order valence-corrected chi connectivity index (χ0v) is 7.06. The van der Waals surface area contributed by atoms with Crippen LogP contribution in [0.3, 0.4) is 0 Å². The van der Waals surface area contributed by atoms with Crippen molar-refractivity contribution in [2.75, 3.05) is 13.2 Å². The highest BCUT2D eigenvalue weighted by molar-refractivity contribution is 5.88. The van der Waals surface area contributed by atoms with Crippen molar-refractivity contribution in [2.45, 2.75) is 18.1 Å². The molecule has 14 heavy (non-hydrogen) atoms. The molecule has 0 aromatic heterocycles. The molecule has 7 heteroatoms. The molecule has 0 aliphatic carbocycles. The van der Waals surface area contributed by atoms with E-state index in [-0.39, 0.29) is 6.29 Å². The lowest BCUT2D eigenvalue weighted by Gasteiger charge is -2.42. The van der Waals surface area contributed by atoms with E-state index in [1.54, 1.807) is 5.32 Å². The molecule has 1 aliphatic rings. The second-order valence-electron chi connectivity index (χ2n) is 2.99. The van der Waals surface area contributed by atoms with Crippen LogP contribution in [0, 0.1) is 0 Å². The van der Waals surface area contributed by atoms with Gasteiger partial charge in [0.25, 0.3) is 0 Å². The number of ether oxygens (including phenoxy) is 1. The Morgan fingerprint density at radius 3 is 2.36 bits per heavy atom. The average Bonchev–Trinajstić information content (AvgIpc) is 1.94. The van der Waals surface area contributed by atoms with Crippen molar-refractivity contribution in [3.05, 3.63) is 0 Å². The maximum atomic E-state index is 12.4. The lowest BCUT2D eigenvalue weighted by Crippen LogP contribution is -2.70. The zero-order chi connectivity index (χ0) is 10.8. The molecule has 0 aromatic carbocycles. The highest BCUT2D eigenvalue weighted by Crippen LogP contribution is 2.36. The smallest absolute Gasteiger partial charge is 0.376 e. The third-order valence-electron chi connectivity index (χ3n) is 1.89. The van der Waals surface area contributed by atoms with E-state index >= 15 is 0 Å². The lowest BCUT2D eigenvalue weighted by atomic mass is 9.96. The molecule has 1 heterocycles. The predicted octanol–water partition coefficient (Wildman–Crippen LogP) is 0.0229. The first-order chi connectivity index (χ1) is 6.41. The van der Waals surface area contributed by atoms with Gasteiger partial charge < -0.3 is 14.8 Å². The second kappa shape index (κ2) is 3.56. The summed E-state index contributed by atoms with van der Waals surface area (Å²) in [6.45, 7) is -1.19. The van der Waals surface area contributed by atoms with Crippen LogP contribution in [0.15, 0.2) is 0 Å². The normalized spacial score (nSPS) is 19.6. The van der Waals surface area contributed by atoms with E-state index < -0.39 is 37.3 Å². The Kier molecular flexibility index (Phi) is 2.79. The van der Waals surface area contributed by atoms with Crippen molar-refractivity contribution in [3.8, 4) is 0 Å². The first kappa shape index (κ1) is 11.0. The van der Waals surface area contributed by atoms with E-state index in [1.807, 2.05) is 0 Å². The minimum Gasteiger partial charge on any atom is -0.376 e. The number of amides is 1. The fraction of sp³-hybridized carbons (Fsp3) is 0.714. The van der Waals surface area contributed by atoms with Crippen LogP contribution in [-0.2, 0) is 14.3 Å². The number of rotatable bonds is 3. The number of hydrogen-bond donors (Lipinski definition) is 1. The molecule has 0 bridgehead atoms. The van der Waals surface area contributed by atoms with Crippen LogP contribution < -0.4 is 5.32 Å². The number of nitrogens with one attached hydrogen (secondary N) is 1. The largest absolute Gasteiger partial charge is 0.416 e. The van der Waals surface area contributed by atoms with Gasteiger partial charge in [-0.05, 0) is 0 Å². The van der Waals surface area contributed by atoms with Gasteiger partial charge in [0.2, 0.25) is 5.91 Å². The molecule has 1 amide bonds. The lowest BCUT2D eigenvalue weighted by molar-refractivity contribution is -0.266. The van der Waals surface area contributed by atoms with Crippen molar-refractivity contribution in [3.63, 3.8) is 0 Å². The zero-order valence-electron chi connectivity index (χ0n) is 7.06. The third-order valence-corrected chi connectivity index (χ3v) is 1.89. The summed E-state index contributed by atoms with van der Waals surface area (Å²) in [5, 5.41) is 1.75. The van der Waals surface area contributed by atoms with Gasteiger partial charge in [-0.2, -0.15) is 13.2 Å². The third kappa shape index (κ3) is 1.87. The standard InChI is InChI=1S/C7H8F3NO3/c8-7(9,10)6(3-14-4-6)11-5(13)1-2-12/h2H,1,3-4H2,(H,11,13). The SMILES string of the molecule is O=CCC(=O)NC1(C(F)(F)F)COC1. The molecule has 0 atom stereocenters. The minimum absolute atomic E-state index is 0.249. The van der Waals surface area contributed by atoms with Crippen LogP contribution in [0.2, 0.25) is 0 Å². The molecule has 0 spiro atoms. The topological polar surface area (TPSA) is 55.4 Å². The molecule has 80 valence electrons. The second-order valence-corrected chi connectivity index (χ2v) is 2.99. The highest BCUT2D eigenvalue weighted by atomic mass is 19.4. The van der Waals surface area contributed by atoms with Gasteiger partial charge in [0.15, 0.2) is 5.54 Å². The van der Waals surface area contributed by atoms with Gasteiger partial charge >= 0.3 is 6.18 Å². The predicted molar refractivity (Wildman–Crippen MR) is 38.4 cm³/mol. The Morgan fingerprint density at radius 2 is 2.07 bits per heavy atom. The summed E-state index contributed by atoms with van der Waals surface area (Å²) < 4.78 is 41.5. The Balaban J connectivity index is 2.63. The summed E-state index contributed by atoms with van der Waals surface area (Å²) in [7, 11) is 0. The van der Waals surface area contributed by atoms with E-state index in [2.05, 4.69) is 4.74 Å². The number of halogens is 3. The molecule has 1 rings (SSSR count). The van der Waals surface area contributed by atoms with Gasteiger partial charge in [-0.3, -0.25) is 4.79 Å². The maximum Gasteiger partial charge on any atom is 0.416 e. The van der Waals surface area contributed by atoms with E-state index in [0.29, 0.717) is 0 Å². The monoisotopic (exact) mass is 211 g/mol. The molecule has 1 aliphatic heterocycles. The van der Waals surface area contributed by atoms with E-state index in [9.17, 15) is 22.8 Å². The van der Waals surface area contributed by atoms with E-state index in [1.165, 1.54) is 0 Å². The van der Waals surface area contributed by atoms with E-state index in [4.69, 9.17) is 0 Å². The maximum absolute atomic E-state index is 12.4. The Labute approximate surface area is 77.4 Å². The van der Waals surface area contributed by atoms with Crippen LogP contribution in [0.4, 0.5) is 13.2 Å². The van der Waals surface area contributed by atoms with Crippen LogP contribution in [-0.4, -0.2) is 37.1 Å². The van der Waals surface area contributed by atoms with Crippen molar-refractivity contribution >= 4 is 12.2 Å². The summed E-state index contributed by atoms with van der Waals surface area (Å²) in [5.41, 5.74) is -2.30. The number of carbonyl (C=O) groups excluding carboxylic acids is 2. The molecule has 1 saturated heterocycles. The quantitative estimate of drug-likeness (QED) is 0.529. The first-order valence-electron chi connectivity index (χ1n) is 3.80.